The Hall–Kier alpha value is -1.12. The van der Waals surface area contributed by atoms with Crippen LogP contribution in [0.5, 0.6) is 0 Å². The second kappa shape index (κ2) is 6.17. The molecule has 1 rings (SSSR count). The highest BCUT2D eigenvalue weighted by atomic mass is 16.2. The molecule has 0 spiro atoms. The summed E-state index contributed by atoms with van der Waals surface area (Å²) in [6.45, 7) is 10.8. The smallest absolute Gasteiger partial charge is 0.235 e. The van der Waals surface area contributed by atoms with E-state index in [0.717, 1.165) is 19.6 Å². The minimum atomic E-state index is -0.781. The molecule has 2 atom stereocenters. The van der Waals surface area contributed by atoms with Crippen LogP contribution in [-0.2, 0) is 4.79 Å². The van der Waals surface area contributed by atoms with Crippen molar-refractivity contribution in [3.05, 3.63) is 0 Å². The summed E-state index contributed by atoms with van der Waals surface area (Å²) in [6, 6.07) is 2.61. The Morgan fingerprint density at radius 1 is 1.67 bits per heavy atom. The zero-order chi connectivity index (χ0) is 13.8. The zero-order valence-electron chi connectivity index (χ0n) is 11.8. The fourth-order valence-corrected chi connectivity index (χ4v) is 1.99. The molecule has 5 nitrogen and oxygen atoms in total. The van der Waals surface area contributed by atoms with E-state index in [1.165, 1.54) is 0 Å². The molecule has 1 saturated heterocycles. The summed E-state index contributed by atoms with van der Waals surface area (Å²) in [5, 5.41) is 15.3. The van der Waals surface area contributed by atoms with E-state index in [1.807, 2.05) is 13.8 Å². The van der Waals surface area contributed by atoms with Crippen molar-refractivity contribution in [3.8, 4) is 6.07 Å². The molecular weight excluding hydrogens is 228 g/mol. The normalized spacial score (nSPS) is 24.3. The van der Waals surface area contributed by atoms with Crippen LogP contribution >= 0.6 is 0 Å². The second-order valence-electron chi connectivity index (χ2n) is 5.61. The molecule has 0 aromatic rings. The summed E-state index contributed by atoms with van der Waals surface area (Å²) in [7, 11) is 0. The minimum Gasteiger partial charge on any atom is -0.337 e. The molecule has 0 radical (unpaired) electrons. The average molecular weight is 252 g/mol. The van der Waals surface area contributed by atoms with E-state index < -0.39 is 5.54 Å². The summed E-state index contributed by atoms with van der Waals surface area (Å²) in [6.07, 6.45) is 0. The second-order valence-corrected chi connectivity index (χ2v) is 5.61. The van der Waals surface area contributed by atoms with Crippen molar-refractivity contribution in [2.45, 2.75) is 39.3 Å². The fourth-order valence-electron chi connectivity index (χ4n) is 1.99. The number of carbonyl (C=O) groups is 1. The standard InChI is InChI=1S/C13H24N4O/c1-10(2)13(4,9-14)16-12(18)8-17-6-5-15-11(3)7-17/h10-11,15H,5-8H2,1-4H3,(H,16,18)/t11-,13?/m1/s1. The molecule has 1 unspecified atom stereocenters. The van der Waals surface area contributed by atoms with Crippen LogP contribution in [0.25, 0.3) is 0 Å². The van der Waals surface area contributed by atoms with Crippen molar-refractivity contribution in [2.24, 2.45) is 5.92 Å². The van der Waals surface area contributed by atoms with Gasteiger partial charge in [0.25, 0.3) is 0 Å². The molecule has 1 amide bonds. The molecular formula is C13H24N4O. The lowest BCUT2D eigenvalue weighted by molar-refractivity contribution is -0.124. The van der Waals surface area contributed by atoms with Gasteiger partial charge >= 0.3 is 0 Å². The Morgan fingerprint density at radius 3 is 2.83 bits per heavy atom. The van der Waals surface area contributed by atoms with E-state index in [9.17, 15) is 4.79 Å². The van der Waals surface area contributed by atoms with Crippen LogP contribution in [0.4, 0.5) is 0 Å². The predicted octanol–water partition coefficient (Wildman–Crippen LogP) is 0.335. The molecule has 102 valence electrons. The topological polar surface area (TPSA) is 68.2 Å². The lowest BCUT2D eigenvalue weighted by atomic mass is 9.90. The number of piperazine rings is 1. The number of nitrogens with one attached hydrogen (secondary N) is 2. The van der Waals surface area contributed by atoms with Crippen LogP contribution < -0.4 is 10.6 Å². The largest absolute Gasteiger partial charge is 0.337 e. The summed E-state index contributed by atoms with van der Waals surface area (Å²) < 4.78 is 0. The maximum atomic E-state index is 12.0. The summed E-state index contributed by atoms with van der Waals surface area (Å²) >= 11 is 0. The lowest BCUT2D eigenvalue weighted by Crippen LogP contribution is -2.55. The van der Waals surface area contributed by atoms with Crippen molar-refractivity contribution < 1.29 is 4.79 Å². The number of hydrogen-bond acceptors (Lipinski definition) is 4. The first kappa shape index (κ1) is 14.9. The van der Waals surface area contributed by atoms with Gasteiger partial charge < -0.3 is 10.6 Å². The number of amides is 1. The maximum absolute atomic E-state index is 12.0. The molecule has 1 heterocycles. The monoisotopic (exact) mass is 252 g/mol. The number of hydrogen-bond donors (Lipinski definition) is 2. The Bertz CT molecular complexity index is 336. The highest BCUT2D eigenvalue weighted by Crippen LogP contribution is 2.14. The highest BCUT2D eigenvalue weighted by molar-refractivity contribution is 5.79. The van der Waals surface area contributed by atoms with Crippen LogP contribution in [-0.4, -0.2) is 48.6 Å². The van der Waals surface area contributed by atoms with Gasteiger partial charge in [-0.05, 0) is 19.8 Å². The Labute approximate surface area is 110 Å². The maximum Gasteiger partial charge on any atom is 0.235 e. The van der Waals surface area contributed by atoms with E-state index >= 15 is 0 Å². The molecule has 0 saturated carbocycles. The van der Waals surface area contributed by atoms with Crippen molar-refractivity contribution in [3.63, 3.8) is 0 Å². The van der Waals surface area contributed by atoms with Gasteiger partial charge in [-0.25, -0.2) is 0 Å². The predicted molar refractivity (Wildman–Crippen MR) is 70.9 cm³/mol. The van der Waals surface area contributed by atoms with Crippen LogP contribution in [0, 0.1) is 17.2 Å². The molecule has 1 fully saturated rings. The first-order valence-corrected chi connectivity index (χ1v) is 6.55. The van der Waals surface area contributed by atoms with Crippen LogP contribution in [0.1, 0.15) is 27.7 Å². The Kier molecular flexibility index (Phi) is 5.12. The first-order chi connectivity index (χ1) is 8.37. The minimum absolute atomic E-state index is 0.0677. The lowest BCUT2D eigenvalue weighted by Gasteiger charge is -2.33. The van der Waals surface area contributed by atoms with Gasteiger partial charge in [0.15, 0.2) is 0 Å². The molecule has 0 aliphatic carbocycles. The molecule has 0 bridgehead atoms. The first-order valence-electron chi connectivity index (χ1n) is 6.55. The van der Waals surface area contributed by atoms with Crippen LogP contribution in [0.15, 0.2) is 0 Å². The molecule has 1 aliphatic rings. The van der Waals surface area contributed by atoms with Crippen molar-refractivity contribution in [1.82, 2.24) is 15.5 Å². The van der Waals surface area contributed by atoms with Crippen molar-refractivity contribution >= 4 is 5.91 Å². The van der Waals surface area contributed by atoms with Gasteiger partial charge in [-0.15, -0.1) is 0 Å². The van der Waals surface area contributed by atoms with E-state index in [4.69, 9.17) is 5.26 Å². The highest BCUT2D eigenvalue weighted by Gasteiger charge is 2.30. The molecule has 2 N–H and O–H groups in total. The van der Waals surface area contributed by atoms with E-state index in [2.05, 4.69) is 28.5 Å². The van der Waals surface area contributed by atoms with Gasteiger partial charge in [-0.3, -0.25) is 9.69 Å². The molecule has 1 aliphatic heterocycles. The number of rotatable bonds is 4. The van der Waals surface area contributed by atoms with E-state index in [0.29, 0.717) is 12.6 Å². The summed E-state index contributed by atoms with van der Waals surface area (Å²) in [5.74, 6) is 0.0234. The van der Waals surface area contributed by atoms with Gasteiger partial charge in [0, 0.05) is 25.7 Å². The van der Waals surface area contributed by atoms with Crippen molar-refractivity contribution in [1.29, 1.82) is 5.26 Å². The number of carbonyl (C=O) groups excluding carboxylic acids is 1. The van der Waals surface area contributed by atoms with Crippen LogP contribution in [0.2, 0.25) is 0 Å². The van der Waals surface area contributed by atoms with Gasteiger partial charge in [0.05, 0.1) is 12.6 Å². The SMILES string of the molecule is CC(C)C(C)(C#N)NC(=O)CN1CCN[C@H](C)C1. The van der Waals surface area contributed by atoms with E-state index in [-0.39, 0.29) is 11.8 Å². The molecule has 0 aromatic heterocycles. The van der Waals surface area contributed by atoms with E-state index in [1.54, 1.807) is 6.92 Å². The summed E-state index contributed by atoms with van der Waals surface area (Å²) in [5.41, 5.74) is -0.781. The molecule has 0 aromatic carbocycles. The Balaban J connectivity index is 2.48. The molecule has 5 heteroatoms. The number of nitrogens with zero attached hydrogens (tertiary/aromatic N) is 2. The van der Waals surface area contributed by atoms with Gasteiger partial charge in [0.2, 0.25) is 5.91 Å². The van der Waals surface area contributed by atoms with Gasteiger partial charge in [-0.2, -0.15) is 5.26 Å². The fraction of sp³-hybridized carbons (Fsp3) is 0.846. The third-order valence-corrected chi connectivity index (χ3v) is 3.61. The third-order valence-electron chi connectivity index (χ3n) is 3.61. The Morgan fingerprint density at radius 2 is 2.33 bits per heavy atom. The average Bonchev–Trinajstić information content (AvgIpc) is 2.28. The van der Waals surface area contributed by atoms with Gasteiger partial charge in [-0.1, -0.05) is 13.8 Å². The van der Waals surface area contributed by atoms with Gasteiger partial charge in [0.1, 0.15) is 5.54 Å². The number of nitriles is 1. The quantitative estimate of drug-likeness (QED) is 0.757. The zero-order valence-corrected chi connectivity index (χ0v) is 11.8. The summed E-state index contributed by atoms with van der Waals surface area (Å²) in [4.78, 5) is 14.1. The van der Waals surface area contributed by atoms with Crippen LogP contribution in [0.3, 0.4) is 0 Å². The molecule has 18 heavy (non-hydrogen) atoms. The van der Waals surface area contributed by atoms with Crippen molar-refractivity contribution in [2.75, 3.05) is 26.2 Å². The third kappa shape index (κ3) is 3.97.